The molecule has 0 unspecified atom stereocenters. The molecule has 3 aromatic carbocycles. The van der Waals surface area contributed by atoms with Gasteiger partial charge in [-0.15, -0.1) is 0 Å². The summed E-state index contributed by atoms with van der Waals surface area (Å²) < 4.78 is 49.7. The van der Waals surface area contributed by atoms with Crippen LogP contribution < -0.4 is 31.4 Å². The summed E-state index contributed by atoms with van der Waals surface area (Å²) in [5.41, 5.74) is -2.54. The van der Waals surface area contributed by atoms with Crippen molar-refractivity contribution < 1.29 is 42.9 Å². The Hall–Kier alpha value is -11.6. The van der Waals surface area contributed by atoms with E-state index < -0.39 is 168 Å². The third-order valence-corrected chi connectivity index (χ3v) is 29.8. The van der Waals surface area contributed by atoms with Crippen LogP contribution in [0.15, 0.2) is 81.8 Å². The number of phenols is 3. The zero-order valence-corrected chi connectivity index (χ0v) is 86.7. The molecule has 12 aromatic rings. The van der Waals surface area contributed by atoms with E-state index in [0.29, 0.717) is 28.1 Å². The van der Waals surface area contributed by atoms with Gasteiger partial charge in [-0.05, 0) is 151 Å². The second kappa shape index (κ2) is 39.9. The Labute approximate surface area is 865 Å². The largest absolute Gasteiger partial charge is 0.506 e. The lowest BCUT2D eigenvalue weighted by Crippen LogP contribution is -2.58. The number of carbonyl (C=O) groups excluding carboxylic acids is 3. The molecule has 3 amide bonds. The molecule has 15 rings (SSSR count). The van der Waals surface area contributed by atoms with E-state index in [1.165, 1.54) is 62.3 Å². The first kappa shape index (κ1) is 104. The highest BCUT2D eigenvalue weighted by atomic mass is 35.5. The minimum atomic E-state index is -1.26. The zero-order valence-electron chi connectivity index (χ0n) is 77.6. The maximum Gasteiger partial charge on any atom is 0.276 e. The number of carbonyl (C=O) groups is 3. The normalized spacial score (nSPS) is 17.0. The average molecular weight is 2150 g/mol. The van der Waals surface area contributed by atoms with E-state index in [2.05, 4.69) is 29.8 Å². The molecule has 0 aliphatic carbocycles. The van der Waals surface area contributed by atoms with Gasteiger partial charge in [0.15, 0.2) is 17.5 Å². The number of anilines is 3. The van der Waals surface area contributed by atoms with Gasteiger partial charge >= 0.3 is 0 Å². The summed E-state index contributed by atoms with van der Waals surface area (Å²) in [6.45, 7) is 30.6. The molecule has 9 aromatic heterocycles. The molecule has 0 radical (unpaired) electrons. The summed E-state index contributed by atoms with van der Waals surface area (Å²) in [5.74, 6) is -9.03. The van der Waals surface area contributed by atoms with Gasteiger partial charge in [-0.25, -0.2) is 28.1 Å². The van der Waals surface area contributed by atoms with E-state index in [-0.39, 0.29) is 190 Å². The minimum Gasteiger partial charge on any atom is -0.506 e. The van der Waals surface area contributed by atoms with Crippen LogP contribution in [-0.4, -0.2) is 167 Å². The van der Waals surface area contributed by atoms with Gasteiger partial charge in [0.1, 0.15) is 84.2 Å². The Kier molecular flexibility index (Phi) is 29.4. The van der Waals surface area contributed by atoms with Crippen molar-refractivity contribution in [3.8, 4) is 86.3 Å². The van der Waals surface area contributed by atoms with Crippen molar-refractivity contribution in [1.82, 2.24) is 58.3 Å². The van der Waals surface area contributed by atoms with Crippen LogP contribution in [0.1, 0.15) is 163 Å². The highest BCUT2D eigenvalue weighted by Gasteiger charge is 2.43. The van der Waals surface area contributed by atoms with Crippen LogP contribution in [0, 0.1) is 72.2 Å². The quantitative estimate of drug-likeness (QED) is 0.0433. The molecule has 3 aliphatic heterocycles. The van der Waals surface area contributed by atoms with Crippen LogP contribution in [0.4, 0.5) is 30.2 Å². The van der Waals surface area contributed by atoms with Crippen molar-refractivity contribution in [3.05, 3.63) is 238 Å². The first-order valence-corrected chi connectivity index (χ1v) is 48.5. The Balaban J connectivity index is 0.771. The van der Waals surface area contributed by atoms with E-state index in [1.54, 1.807) is 144 Å². The van der Waals surface area contributed by atoms with Crippen molar-refractivity contribution in [2.24, 2.45) is 0 Å². The number of hydrogen-bond acceptors (Lipinski definition) is 21. The Morgan fingerprint density at radius 3 is 0.936 bits per heavy atom. The standard InChI is InChI=1S/C99H83Cl12F3N18O9/c1-17-61(133)127-44(11)32-124(33-45(127)12)89-53-27-59(101)83(65-68(104)71(107)77(113)74(110)92(65)137)122-95(53)131(98(140)56(89)30-116)86-42(9)24-50(119-80(86)39(4)5)19-21-63(135)129-48(15)36-126(37-49(129)16)90-54-28-60(102)84(66-69(105)72(108)78(114)75(111)93(66)138)123-96(54)132(99(141)57(90)31-117)87-43(10)25-51(120-81(87)40(6)7)18-20-62(134)128-46(13)34-125(35-47(128)14)88-52-26-58(100)82(64-67(103)70(106)76(112)73(109)91(64)136)121-94(52)130(97(139)55(88)29-115)85-41(8)22-23-118-79(85)38(2)3/h17-28,38-40,44-49,136-138H,1,32-37H2,2-16H3/b20-18-,21-19-/t44-,45+,46-,47+,48-,49+. The van der Waals surface area contributed by atoms with Crippen molar-refractivity contribution >= 4 is 219 Å². The minimum absolute atomic E-state index is 0.0204. The van der Waals surface area contributed by atoms with Gasteiger partial charge < -0.3 is 44.7 Å². The lowest BCUT2D eigenvalue weighted by Gasteiger charge is -2.45. The highest BCUT2D eigenvalue weighted by Crippen LogP contribution is 2.54. The summed E-state index contributed by atoms with van der Waals surface area (Å²) in [4.78, 5) is 130. The second-order valence-corrected chi connectivity index (χ2v) is 40.5. The molecule has 27 nitrogen and oxygen atoms in total. The van der Waals surface area contributed by atoms with Gasteiger partial charge in [0.05, 0.1) is 142 Å². The number of hydrogen-bond donors (Lipinski definition) is 3. The number of nitrogens with zero attached hydrogens (tertiary/aromatic N) is 18. The van der Waals surface area contributed by atoms with E-state index in [9.17, 15) is 40.7 Å². The van der Waals surface area contributed by atoms with Crippen molar-refractivity contribution in [1.29, 1.82) is 15.8 Å². The number of amides is 3. The molecule has 3 N–H and O–H groups in total. The predicted octanol–water partition coefficient (Wildman–Crippen LogP) is 23.1. The Morgan fingerprint density at radius 1 is 0.404 bits per heavy atom. The second-order valence-electron chi connectivity index (χ2n) is 35.9. The molecule has 0 bridgehead atoms. The monoisotopic (exact) mass is 2140 g/mol. The summed E-state index contributed by atoms with van der Waals surface area (Å²) in [6.07, 6.45) is 8.40. The number of fused-ring (bicyclic) bond motifs is 3. The Bertz CT molecular complexity index is 7770. The zero-order chi connectivity index (χ0) is 103. The van der Waals surface area contributed by atoms with Gasteiger partial charge in [-0.3, -0.25) is 57.4 Å². The van der Waals surface area contributed by atoms with Crippen LogP contribution in [0.2, 0.25) is 60.3 Å². The average Bonchev–Trinajstić information content (AvgIpc) is 0.725. The topological polar surface area (TPSA) is 346 Å². The number of nitriles is 3. The van der Waals surface area contributed by atoms with Gasteiger partial charge in [-0.1, -0.05) is 187 Å². The van der Waals surface area contributed by atoms with Gasteiger partial charge in [-0.2, -0.15) is 15.8 Å². The van der Waals surface area contributed by atoms with Crippen LogP contribution in [-0.2, 0) is 14.4 Å². The fourth-order valence-corrected chi connectivity index (χ4v) is 22.2. The number of phenolic OH excluding ortho intramolecular Hbond substituents is 3. The van der Waals surface area contributed by atoms with Crippen molar-refractivity contribution in [2.75, 3.05) is 54.0 Å². The number of halogens is 15. The van der Waals surface area contributed by atoms with Crippen molar-refractivity contribution in [3.63, 3.8) is 0 Å². The van der Waals surface area contributed by atoms with Gasteiger partial charge in [0, 0.05) is 110 Å². The number of benzene rings is 3. The van der Waals surface area contributed by atoms with E-state index in [1.807, 2.05) is 13.8 Å². The van der Waals surface area contributed by atoms with Crippen LogP contribution in [0.3, 0.4) is 0 Å². The molecular formula is C99H83Cl12F3N18O9. The smallest absolute Gasteiger partial charge is 0.276 e. The molecule has 728 valence electrons. The molecule has 3 fully saturated rings. The number of piperazine rings is 3. The Morgan fingerprint density at radius 2 is 0.674 bits per heavy atom. The molecular weight excluding hydrogens is 2070 g/mol. The third kappa shape index (κ3) is 17.7. The van der Waals surface area contributed by atoms with E-state index in [0.717, 1.165) is 0 Å². The highest BCUT2D eigenvalue weighted by molar-refractivity contribution is 6.49. The number of aromatic hydroxyl groups is 3. The lowest BCUT2D eigenvalue weighted by atomic mass is 10.00. The predicted molar refractivity (Wildman–Crippen MR) is 550 cm³/mol. The molecule has 0 spiro atoms. The lowest BCUT2D eigenvalue weighted by molar-refractivity contribution is -0.131. The molecule has 3 aliphatic rings. The fourth-order valence-electron chi connectivity index (χ4n) is 19.4. The maximum atomic E-state index is 16.1. The van der Waals surface area contributed by atoms with Crippen LogP contribution >= 0.6 is 139 Å². The number of aryl methyl sites for hydroxylation is 3. The summed E-state index contributed by atoms with van der Waals surface area (Å²) >= 11 is 79.8. The van der Waals surface area contributed by atoms with Crippen molar-refractivity contribution in [2.45, 2.75) is 158 Å². The van der Waals surface area contributed by atoms with E-state index in [4.69, 9.17) is 164 Å². The molecule has 3 saturated heterocycles. The fraction of sp³-hybridized carbons (Fsp3) is 0.303. The SMILES string of the molecule is C=CC(=O)N1[C@H](C)CN(c2c(C#N)c(=O)n(-c3c(C)cc(/C=C\C(=O)N4[C@H](C)CN(c5c(C#N)c(=O)n(-c6c(C)cc(/C=C\C(=O)N7[C@H](C)CN(c8c(C#N)c(=O)n(-c9c(C)ccnc9C(C)C)c9nc(-c%10c(O)c(Cl)c(F)c(Cl)c%10Cl)c(Cl)cc89)C[C@@H]7C)nc6C(C)C)c6nc(-c7c(O)c(Cl)c(F)c(Cl)c7Cl)c(Cl)cc56)C[C@@H]4C)nc3C(C)C)c3nc(-c4c(O)c(Cl)c(F)c(Cl)c4Cl)c(Cl)cc23)C[C@@H]1C. The molecule has 6 atom stereocenters. The van der Waals surface area contributed by atoms with Gasteiger partial charge in [0.25, 0.3) is 16.7 Å². The third-order valence-electron chi connectivity index (χ3n) is 25.4. The summed E-state index contributed by atoms with van der Waals surface area (Å²) in [6, 6.07) is 11.8. The first-order chi connectivity index (χ1) is 66.5. The van der Waals surface area contributed by atoms with Gasteiger partial charge in [0.2, 0.25) is 17.7 Å². The number of rotatable bonds is 17. The number of aromatic nitrogens is 9. The van der Waals surface area contributed by atoms with Crippen LogP contribution in [0.25, 0.3) is 96.1 Å². The maximum absolute atomic E-state index is 16.1. The van der Waals surface area contributed by atoms with E-state index >= 15 is 32.3 Å². The molecule has 141 heavy (non-hydrogen) atoms. The summed E-state index contributed by atoms with van der Waals surface area (Å²) in [7, 11) is 0. The molecule has 12 heterocycles. The van der Waals surface area contributed by atoms with Crippen LogP contribution in [0.5, 0.6) is 17.2 Å². The molecule has 0 saturated carbocycles. The number of pyridine rings is 9. The molecule has 42 heteroatoms. The first-order valence-electron chi connectivity index (χ1n) is 43.9. The summed E-state index contributed by atoms with van der Waals surface area (Å²) in [5, 5.41) is 62.2.